The van der Waals surface area contributed by atoms with Crippen LogP contribution in [0.3, 0.4) is 0 Å². The van der Waals surface area contributed by atoms with Gasteiger partial charge in [0, 0.05) is 5.41 Å². The molecule has 2 aromatic carbocycles. The van der Waals surface area contributed by atoms with Gasteiger partial charge in [-0.2, -0.15) is 17.2 Å². The first kappa shape index (κ1) is 48.9. The van der Waals surface area contributed by atoms with Crippen molar-refractivity contribution in [3.05, 3.63) is 93.6 Å². The number of hydrogen-bond donors (Lipinski definition) is 0. The Morgan fingerprint density at radius 1 is 0.704 bits per heavy atom. The molecule has 6 rings (SSSR count). The number of rotatable bonds is 7. The molecule has 0 N–H and O–H groups in total. The van der Waals surface area contributed by atoms with Gasteiger partial charge in [0.2, 0.25) is 0 Å². The molecule has 0 nitrogen and oxygen atoms in total. The first-order valence-electron chi connectivity index (χ1n) is 20.6. The van der Waals surface area contributed by atoms with E-state index in [-0.39, 0.29) is 46.5 Å². The van der Waals surface area contributed by atoms with Crippen LogP contribution in [0.2, 0.25) is 0 Å². The Bertz CT molecular complexity index is 1660. The minimum absolute atomic E-state index is 0. The van der Waals surface area contributed by atoms with Gasteiger partial charge >= 0.3 is 79.8 Å². The first-order valence-corrected chi connectivity index (χ1v) is 21.8. The molecule has 1 unspecified atom stereocenters. The van der Waals surface area contributed by atoms with E-state index in [1.807, 2.05) is 0 Å². The predicted octanol–water partition coefficient (Wildman–Crippen LogP) is 8.95. The summed E-state index contributed by atoms with van der Waals surface area (Å²) in [6.07, 6.45) is 24.7. The maximum absolute atomic E-state index is 3.85. The van der Waals surface area contributed by atoms with E-state index in [9.17, 15) is 0 Å². The van der Waals surface area contributed by atoms with Gasteiger partial charge in [0.25, 0.3) is 0 Å². The average Bonchev–Trinajstić information content (AvgIpc) is 3.79. The van der Waals surface area contributed by atoms with Gasteiger partial charge in [-0.25, -0.2) is 11.6 Å². The molecule has 4 aliphatic rings. The summed E-state index contributed by atoms with van der Waals surface area (Å²) in [4.78, 5) is 0. The molecule has 0 saturated heterocycles. The minimum atomic E-state index is -0.0202. The molecule has 0 bridgehead atoms. The molecule has 4 aliphatic carbocycles. The number of fused-ring (bicyclic) bond motifs is 5. The van der Waals surface area contributed by atoms with E-state index in [2.05, 4.69) is 165 Å². The summed E-state index contributed by atoms with van der Waals surface area (Å²) < 4.78 is 1.79. The molecule has 0 fully saturated rings. The van der Waals surface area contributed by atoms with Crippen LogP contribution in [-0.4, -0.2) is 3.21 Å². The van der Waals surface area contributed by atoms with Crippen LogP contribution < -0.4 is 24.8 Å². The molecule has 1 atom stereocenters. The van der Waals surface area contributed by atoms with Crippen molar-refractivity contribution < 1.29 is 49.0 Å². The number of benzene rings is 2. The van der Waals surface area contributed by atoms with E-state index in [0.29, 0.717) is 11.3 Å². The summed E-state index contributed by atoms with van der Waals surface area (Å²) in [5.41, 5.74) is 16.6. The second-order valence-corrected chi connectivity index (χ2v) is 21.9. The van der Waals surface area contributed by atoms with Crippen LogP contribution in [0.1, 0.15) is 189 Å². The quantitative estimate of drug-likeness (QED) is 0.209. The molecule has 2 aromatic rings. The molecule has 0 spiro atoms. The van der Waals surface area contributed by atoms with Gasteiger partial charge in [-0.05, 0) is 62.3 Å². The van der Waals surface area contributed by atoms with Crippen LogP contribution >= 0.6 is 0 Å². The molecule has 0 radical (unpaired) electrons. The van der Waals surface area contributed by atoms with Gasteiger partial charge in [-0.1, -0.05) is 138 Å². The summed E-state index contributed by atoms with van der Waals surface area (Å²) in [5.74, 6) is 0.573. The Kier molecular flexibility index (Phi) is 16.8. The zero-order valence-electron chi connectivity index (χ0n) is 37.0. The second-order valence-electron chi connectivity index (χ2n) is 20.2. The Morgan fingerprint density at radius 2 is 1.22 bits per heavy atom. The Labute approximate surface area is 360 Å². The molecular weight excluding hydrogens is 775 g/mol. The number of allylic oxidation sites excluding steroid dienone is 8. The molecule has 0 heterocycles. The van der Waals surface area contributed by atoms with Gasteiger partial charge in [0.05, 0.1) is 0 Å². The van der Waals surface area contributed by atoms with E-state index in [1.54, 1.807) is 27.4 Å². The molecule has 54 heavy (non-hydrogen) atoms. The van der Waals surface area contributed by atoms with Crippen LogP contribution in [0, 0.1) is 34.3 Å². The fourth-order valence-electron chi connectivity index (χ4n) is 8.06. The van der Waals surface area contributed by atoms with Gasteiger partial charge in [-0.3, -0.25) is 12.2 Å². The molecule has 0 aromatic heterocycles. The van der Waals surface area contributed by atoms with Crippen molar-refractivity contribution >= 4 is 14.4 Å². The molecule has 0 saturated carbocycles. The van der Waals surface area contributed by atoms with Gasteiger partial charge < -0.3 is 24.8 Å². The van der Waals surface area contributed by atoms with Crippen molar-refractivity contribution in [2.75, 3.05) is 0 Å². The van der Waals surface area contributed by atoms with Gasteiger partial charge in [-0.15, -0.1) is 11.6 Å². The van der Waals surface area contributed by atoms with Crippen molar-refractivity contribution in [3.8, 4) is 11.1 Å². The van der Waals surface area contributed by atoms with Crippen molar-refractivity contribution in [3.63, 3.8) is 0 Å². The number of halogens is 2. The third-order valence-corrected chi connectivity index (χ3v) is 12.6. The van der Waals surface area contributed by atoms with E-state index in [0.717, 1.165) is 6.42 Å². The van der Waals surface area contributed by atoms with Crippen LogP contribution in [0.5, 0.6) is 0 Å². The van der Waals surface area contributed by atoms with Crippen molar-refractivity contribution in [1.82, 2.24) is 0 Å². The van der Waals surface area contributed by atoms with Crippen LogP contribution in [-0.2, 0) is 41.5 Å². The van der Waals surface area contributed by atoms with Crippen LogP contribution in [0.4, 0.5) is 0 Å². The smallest absolute Gasteiger partial charge is 1.00 e. The van der Waals surface area contributed by atoms with E-state index < -0.39 is 0 Å². The summed E-state index contributed by atoms with van der Waals surface area (Å²) in [6, 6.07) is 10.0. The maximum atomic E-state index is 3.85. The van der Waals surface area contributed by atoms with Crippen molar-refractivity contribution in [1.29, 1.82) is 0 Å². The monoisotopic (exact) mass is 844 g/mol. The van der Waals surface area contributed by atoms with Crippen molar-refractivity contribution in [2.24, 2.45) is 22.2 Å². The third kappa shape index (κ3) is 11.2. The second kappa shape index (κ2) is 18.5. The van der Waals surface area contributed by atoms with Crippen LogP contribution in [0.25, 0.3) is 22.3 Å². The number of unbranched alkanes of at least 4 members (excludes halogenated alkanes) is 2. The maximum Gasteiger partial charge on any atom is -1.00 e. The normalized spacial score (nSPS) is 18.3. The number of hydrogen-bond acceptors (Lipinski definition) is 0. The third-order valence-electron chi connectivity index (χ3n) is 11.4. The molecule has 3 heteroatoms. The Balaban J connectivity index is 0.000000363. The molecule has 296 valence electrons. The van der Waals surface area contributed by atoms with Crippen molar-refractivity contribution in [2.45, 2.75) is 173 Å². The molecule has 0 amide bonds. The topological polar surface area (TPSA) is 0 Å². The SMILES string of the molecule is CC(C)(C)C1=[C-]C(C)(C)c2cc3c(cc21)-c1cc2c(cc1C3)C(C)(C)C=C2C(C)(C)C.CCC1[C-]=CC(C(C)(C)C)=C1.CCCC[C](=[Zr+2])CCCC.[Cl-].[Cl-]. The summed E-state index contributed by atoms with van der Waals surface area (Å²) in [6.45, 7) is 36.8. The molecular formula is C51H72Cl2Zr-2. The summed E-state index contributed by atoms with van der Waals surface area (Å²) >= 11 is 1.67. The van der Waals surface area contributed by atoms with E-state index in [4.69, 9.17) is 0 Å². The summed E-state index contributed by atoms with van der Waals surface area (Å²) in [7, 11) is 0. The standard InChI is InChI=1S/C31H37.C11H17.C9H18.2ClH.Zr/c1-28(2,3)26-16-30(7,8)24-12-18-11-19-13-25-23(15-21(19)20(18)14-22(24)26)27(29(4,5)6)17-31(25,9)10;1-5-9-6-7-10(8-9)11(2,3)4;1-3-5-7-9-8-6-4-2;;;/h12-16H,11H2,1-10H3;7-9H,5H2,1-4H3;3-8H2,1-2H3;2*1H;/q2*-1;;;;+2/p-2. The Morgan fingerprint density at radius 3 is 1.65 bits per heavy atom. The fraction of sp³-hybridized carbons (Fsp3) is 0.588. The van der Waals surface area contributed by atoms with E-state index in [1.165, 1.54) is 106 Å². The zero-order chi connectivity index (χ0) is 39.0. The predicted molar refractivity (Wildman–Crippen MR) is 227 cm³/mol. The largest absolute Gasteiger partial charge is 1.00 e. The Hall–Kier alpha value is -1.27. The molecule has 0 aliphatic heterocycles. The summed E-state index contributed by atoms with van der Waals surface area (Å²) in [5, 5.41) is 0. The van der Waals surface area contributed by atoms with Gasteiger partial charge in [0.15, 0.2) is 0 Å². The zero-order valence-corrected chi connectivity index (χ0v) is 41.0. The average molecular weight is 847 g/mol. The first-order chi connectivity index (χ1) is 23.9. The van der Waals surface area contributed by atoms with Crippen LogP contribution in [0.15, 0.2) is 48.1 Å². The minimum Gasteiger partial charge on any atom is -1.00 e. The van der Waals surface area contributed by atoms with E-state index >= 15 is 0 Å². The fourth-order valence-corrected chi connectivity index (χ4v) is 8.93. The van der Waals surface area contributed by atoms with Gasteiger partial charge in [0.1, 0.15) is 0 Å².